The average molecular weight is 440 g/mol. The highest BCUT2D eigenvalue weighted by Gasteiger charge is 2.23. The van der Waals surface area contributed by atoms with E-state index in [0.29, 0.717) is 31.1 Å². The number of nitrogens with zero attached hydrogens (tertiary/aromatic N) is 2. The maximum Gasteiger partial charge on any atom is 0.226 e. The van der Waals surface area contributed by atoms with Crippen LogP contribution in [-0.2, 0) is 9.47 Å². The summed E-state index contributed by atoms with van der Waals surface area (Å²) in [4.78, 5) is 9.41. The molecule has 1 aliphatic carbocycles. The lowest BCUT2D eigenvalue weighted by Crippen LogP contribution is -2.26. The molecule has 2 saturated heterocycles. The monoisotopic (exact) mass is 439 g/mol. The number of anilines is 1. The van der Waals surface area contributed by atoms with Gasteiger partial charge in [0.1, 0.15) is 18.0 Å². The third-order valence-electron chi connectivity index (χ3n) is 6.63. The molecular formula is C25H33N3O4. The molecule has 1 saturated carbocycles. The van der Waals surface area contributed by atoms with Crippen molar-refractivity contribution in [1.29, 1.82) is 0 Å². The predicted molar refractivity (Wildman–Crippen MR) is 122 cm³/mol. The standard InChI is InChI=1S/C25H33N3O4/c1-17-2-6-19(7-3-17)27-25-26-14-23(24(28-25)32-22-11-13-30-16-22)18-4-8-20(9-5-18)31-21-10-12-29-15-21/h4-5,8-9,14,17,19,21-22H,2-3,6-7,10-13,15-16H2,1H3,(H,26,27,28)/t17-,19+,21-,22+/m0/s1. The molecule has 0 amide bonds. The first-order valence-corrected chi connectivity index (χ1v) is 12.0. The molecule has 5 rings (SSSR count). The lowest BCUT2D eigenvalue weighted by molar-refractivity contribution is 0.138. The highest BCUT2D eigenvalue weighted by molar-refractivity contribution is 5.69. The fourth-order valence-corrected chi connectivity index (χ4v) is 4.59. The summed E-state index contributed by atoms with van der Waals surface area (Å²) in [6, 6.07) is 8.49. The van der Waals surface area contributed by atoms with E-state index in [1.165, 1.54) is 12.8 Å². The van der Waals surface area contributed by atoms with Gasteiger partial charge in [-0.2, -0.15) is 4.98 Å². The van der Waals surface area contributed by atoms with Crippen LogP contribution in [0.4, 0.5) is 5.95 Å². The van der Waals surface area contributed by atoms with E-state index in [0.717, 1.165) is 61.7 Å². The summed E-state index contributed by atoms with van der Waals surface area (Å²) in [6.07, 6.45) is 8.66. The zero-order valence-corrected chi connectivity index (χ0v) is 18.8. The topological polar surface area (TPSA) is 74.7 Å². The van der Waals surface area contributed by atoms with Gasteiger partial charge in [-0.3, -0.25) is 0 Å². The molecule has 2 aliphatic heterocycles. The van der Waals surface area contributed by atoms with Crippen LogP contribution in [0, 0.1) is 5.92 Å². The molecule has 0 spiro atoms. The number of ether oxygens (including phenoxy) is 4. The summed E-state index contributed by atoms with van der Waals surface area (Å²) in [7, 11) is 0. The molecule has 7 nitrogen and oxygen atoms in total. The highest BCUT2D eigenvalue weighted by Crippen LogP contribution is 2.33. The van der Waals surface area contributed by atoms with Crippen molar-refractivity contribution in [1.82, 2.24) is 9.97 Å². The van der Waals surface area contributed by atoms with Gasteiger partial charge in [-0.25, -0.2) is 4.98 Å². The van der Waals surface area contributed by atoms with Crippen molar-refractivity contribution in [3.05, 3.63) is 30.5 Å². The van der Waals surface area contributed by atoms with Gasteiger partial charge in [0.25, 0.3) is 0 Å². The zero-order valence-electron chi connectivity index (χ0n) is 18.8. The number of hydrogen-bond donors (Lipinski definition) is 1. The maximum atomic E-state index is 6.28. The Morgan fingerprint density at radius 2 is 1.56 bits per heavy atom. The second-order valence-electron chi connectivity index (χ2n) is 9.24. The minimum Gasteiger partial charge on any atom is -0.488 e. The molecule has 0 bridgehead atoms. The summed E-state index contributed by atoms with van der Waals surface area (Å²) in [5, 5.41) is 3.53. The van der Waals surface area contributed by atoms with Crippen molar-refractivity contribution >= 4 is 5.95 Å². The van der Waals surface area contributed by atoms with Crippen LogP contribution in [0.15, 0.2) is 30.5 Å². The molecular weight excluding hydrogens is 406 g/mol. The number of hydrogen-bond acceptors (Lipinski definition) is 7. The Morgan fingerprint density at radius 1 is 0.875 bits per heavy atom. The van der Waals surface area contributed by atoms with Crippen molar-refractivity contribution < 1.29 is 18.9 Å². The molecule has 3 heterocycles. The summed E-state index contributed by atoms with van der Waals surface area (Å²) in [5.41, 5.74) is 1.89. The molecule has 0 unspecified atom stereocenters. The van der Waals surface area contributed by atoms with Crippen LogP contribution in [0.25, 0.3) is 11.1 Å². The molecule has 1 aromatic heterocycles. The van der Waals surface area contributed by atoms with Crippen molar-refractivity contribution in [2.75, 3.05) is 31.7 Å². The lowest BCUT2D eigenvalue weighted by atomic mass is 9.87. The molecule has 0 radical (unpaired) electrons. The van der Waals surface area contributed by atoms with Gasteiger partial charge in [-0.1, -0.05) is 19.1 Å². The molecule has 1 N–H and O–H groups in total. The molecule has 172 valence electrons. The van der Waals surface area contributed by atoms with Crippen molar-refractivity contribution in [3.63, 3.8) is 0 Å². The smallest absolute Gasteiger partial charge is 0.226 e. The first-order valence-electron chi connectivity index (χ1n) is 12.0. The second-order valence-corrected chi connectivity index (χ2v) is 9.24. The van der Waals surface area contributed by atoms with Gasteiger partial charge in [-0.15, -0.1) is 0 Å². The van der Waals surface area contributed by atoms with Crippen LogP contribution < -0.4 is 14.8 Å². The van der Waals surface area contributed by atoms with Gasteiger partial charge in [-0.05, 0) is 49.3 Å². The first kappa shape index (κ1) is 21.5. The fraction of sp³-hybridized carbons (Fsp3) is 0.600. The van der Waals surface area contributed by atoms with Gasteiger partial charge in [0.2, 0.25) is 11.8 Å². The van der Waals surface area contributed by atoms with Crippen LogP contribution in [0.2, 0.25) is 0 Å². The molecule has 2 atom stereocenters. The number of nitrogens with one attached hydrogen (secondary N) is 1. The molecule has 3 fully saturated rings. The summed E-state index contributed by atoms with van der Waals surface area (Å²) >= 11 is 0. The van der Waals surface area contributed by atoms with E-state index in [4.69, 9.17) is 23.9 Å². The average Bonchev–Trinajstić information content (AvgIpc) is 3.51. The lowest BCUT2D eigenvalue weighted by Gasteiger charge is -2.27. The van der Waals surface area contributed by atoms with Crippen molar-refractivity contribution in [2.45, 2.75) is 63.7 Å². The Morgan fingerprint density at radius 3 is 2.22 bits per heavy atom. The largest absolute Gasteiger partial charge is 0.488 e. The predicted octanol–water partition coefficient (Wildman–Crippen LogP) is 4.47. The van der Waals surface area contributed by atoms with E-state index in [9.17, 15) is 0 Å². The third kappa shape index (κ3) is 5.33. The zero-order chi connectivity index (χ0) is 21.8. The normalized spacial score (nSPS) is 27.9. The fourth-order valence-electron chi connectivity index (χ4n) is 4.59. The molecule has 2 aromatic rings. The van der Waals surface area contributed by atoms with Gasteiger partial charge < -0.3 is 24.3 Å². The molecule has 1 aromatic carbocycles. The van der Waals surface area contributed by atoms with E-state index in [1.54, 1.807) is 0 Å². The van der Waals surface area contributed by atoms with Gasteiger partial charge in [0, 0.05) is 25.1 Å². The number of rotatable bonds is 7. The van der Waals surface area contributed by atoms with Crippen LogP contribution in [-0.4, -0.2) is 54.6 Å². The van der Waals surface area contributed by atoms with Crippen molar-refractivity contribution in [3.8, 4) is 22.8 Å². The van der Waals surface area contributed by atoms with Crippen molar-refractivity contribution in [2.24, 2.45) is 5.92 Å². The van der Waals surface area contributed by atoms with E-state index in [1.807, 2.05) is 30.5 Å². The van der Waals surface area contributed by atoms with Gasteiger partial charge >= 0.3 is 0 Å². The molecule has 7 heteroatoms. The summed E-state index contributed by atoms with van der Waals surface area (Å²) < 4.78 is 23.2. The maximum absolute atomic E-state index is 6.28. The van der Waals surface area contributed by atoms with Crippen LogP contribution in [0.1, 0.15) is 45.4 Å². The van der Waals surface area contributed by atoms with Crippen LogP contribution in [0.5, 0.6) is 11.6 Å². The van der Waals surface area contributed by atoms with Gasteiger partial charge in [0.05, 0.1) is 32.0 Å². The number of aromatic nitrogens is 2. The third-order valence-corrected chi connectivity index (χ3v) is 6.63. The summed E-state index contributed by atoms with van der Waals surface area (Å²) in [6.45, 7) is 5.09. The Kier molecular flexibility index (Phi) is 6.74. The quantitative estimate of drug-likeness (QED) is 0.682. The highest BCUT2D eigenvalue weighted by atomic mass is 16.6. The van der Waals surface area contributed by atoms with Crippen LogP contribution in [0.3, 0.4) is 0 Å². The van der Waals surface area contributed by atoms with E-state index in [2.05, 4.69) is 17.2 Å². The minimum absolute atomic E-state index is 0.0250. The van der Waals surface area contributed by atoms with Crippen LogP contribution >= 0.6 is 0 Å². The Bertz CT molecular complexity index is 871. The van der Waals surface area contributed by atoms with E-state index in [-0.39, 0.29) is 12.2 Å². The first-order chi connectivity index (χ1) is 15.7. The minimum atomic E-state index is 0.0250. The SMILES string of the molecule is C[C@H]1CC[C@@H](Nc2ncc(-c3ccc(O[C@H]4CCOC4)cc3)c(O[C@@H]3CCOC3)n2)CC1. The Labute approximate surface area is 189 Å². The Hall–Kier alpha value is -2.38. The molecule has 3 aliphatic rings. The van der Waals surface area contributed by atoms with E-state index < -0.39 is 0 Å². The molecule has 32 heavy (non-hydrogen) atoms. The van der Waals surface area contributed by atoms with Gasteiger partial charge in [0.15, 0.2) is 0 Å². The van der Waals surface area contributed by atoms with E-state index >= 15 is 0 Å². The summed E-state index contributed by atoms with van der Waals surface area (Å²) in [5.74, 6) is 2.91. The second kappa shape index (κ2) is 10.0. The number of benzene rings is 1. The Balaban J connectivity index is 1.33.